The number of pyridine rings is 1. The van der Waals surface area contributed by atoms with E-state index in [9.17, 15) is 9.59 Å². The predicted molar refractivity (Wildman–Crippen MR) is 101 cm³/mol. The number of amides is 1. The molecule has 0 spiro atoms. The quantitative estimate of drug-likeness (QED) is 0.515. The monoisotopic (exact) mass is 383 g/mol. The van der Waals surface area contributed by atoms with E-state index in [0.717, 1.165) is 5.69 Å². The van der Waals surface area contributed by atoms with Gasteiger partial charge in [0.1, 0.15) is 5.69 Å². The van der Waals surface area contributed by atoms with Crippen molar-refractivity contribution >= 4 is 29.3 Å². The Balaban J connectivity index is 1.58. The first-order valence-electron chi connectivity index (χ1n) is 8.00. The maximum atomic E-state index is 12.2. The minimum absolute atomic E-state index is 0.174. The fraction of sp³-hybridized carbons (Fsp3) is 0.167. The smallest absolute Gasteiger partial charge is 0.337 e. The molecule has 1 aromatic carbocycles. The van der Waals surface area contributed by atoms with Crippen LogP contribution in [0.1, 0.15) is 10.4 Å². The molecule has 0 aliphatic carbocycles. The van der Waals surface area contributed by atoms with Gasteiger partial charge in [0.2, 0.25) is 5.91 Å². The van der Waals surface area contributed by atoms with E-state index < -0.39 is 5.97 Å². The number of carbonyl (C=O) groups is 2. The molecule has 0 aliphatic heterocycles. The normalized spacial score (nSPS) is 10.4. The molecule has 8 nitrogen and oxygen atoms in total. The van der Waals surface area contributed by atoms with Gasteiger partial charge in [-0.3, -0.25) is 9.78 Å². The van der Waals surface area contributed by atoms with Crippen molar-refractivity contribution in [3.8, 4) is 11.5 Å². The van der Waals surface area contributed by atoms with E-state index in [0.29, 0.717) is 22.2 Å². The maximum absolute atomic E-state index is 12.2. The lowest BCUT2D eigenvalue weighted by Crippen LogP contribution is -2.14. The van der Waals surface area contributed by atoms with Crippen molar-refractivity contribution in [2.45, 2.75) is 5.16 Å². The van der Waals surface area contributed by atoms with Gasteiger partial charge >= 0.3 is 5.97 Å². The summed E-state index contributed by atoms with van der Waals surface area (Å²) in [7, 11) is 3.15. The second kappa shape index (κ2) is 8.45. The molecule has 138 valence electrons. The van der Waals surface area contributed by atoms with Crippen LogP contribution >= 0.6 is 11.8 Å². The number of nitrogens with zero attached hydrogens (tertiary/aromatic N) is 4. The van der Waals surface area contributed by atoms with Gasteiger partial charge in [-0.1, -0.05) is 17.8 Å². The molecule has 0 bridgehead atoms. The molecule has 27 heavy (non-hydrogen) atoms. The van der Waals surface area contributed by atoms with E-state index in [1.54, 1.807) is 35.0 Å². The number of ether oxygens (including phenoxy) is 1. The fourth-order valence-electron chi connectivity index (χ4n) is 2.29. The third-order valence-corrected chi connectivity index (χ3v) is 4.67. The Hall–Kier alpha value is -3.20. The topological polar surface area (TPSA) is 99.0 Å². The van der Waals surface area contributed by atoms with E-state index in [2.05, 4.69) is 25.2 Å². The highest BCUT2D eigenvalue weighted by atomic mass is 32.2. The molecule has 1 N–H and O–H groups in total. The molecule has 0 unspecified atom stereocenters. The van der Waals surface area contributed by atoms with E-state index >= 15 is 0 Å². The van der Waals surface area contributed by atoms with Crippen LogP contribution in [0.5, 0.6) is 0 Å². The fourth-order valence-corrected chi connectivity index (χ4v) is 3.00. The zero-order chi connectivity index (χ0) is 19.2. The van der Waals surface area contributed by atoms with Gasteiger partial charge in [-0.2, -0.15) is 0 Å². The summed E-state index contributed by atoms with van der Waals surface area (Å²) in [5.41, 5.74) is 1.74. The zero-order valence-electron chi connectivity index (χ0n) is 14.7. The van der Waals surface area contributed by atoms with Crippen LogP contribution in [0, 0.1) is 0 Å². The van der Waals surface area contributed by atoms with Crippen LogP contribution in [0.25, 0.3) is 11.5 Å². The molecule has 0 saturated carbocycles. The molecular weight excluding hydrogens is 366 g/mol. The molecule has 0 saturated heterocycles. The minimum atomic E-state index is -0.422. The van der Waals surface area contributed by atoms with Gasteiger partial charge < -0.3 is 14.6 Å². The van der Waals surface area contributed by atoms with Crippen LogP contribution in [0.2, 0.25) is 0 Å². The molecule has 3 aromatic rings. The van der Waals surface area contributed by atoms with Crippen molar-refractivity contribution in [2.75, 3.05) is 18.2 Å². The Morgan fingerprint density at radius 2 is 1.93 bits per heavy atom. The Morgan fingerprint density at radius 1 is 1.15 bits per heavy atom. The van der Waals surface area contributed by atoms with Crippen molar-refractivity contribution in [3.63, 3.8) is 0 Å². The molecule has 0 radical (unpaired) electrons. The summed E-state index contributed by atoms with van der Waals surface area (Å²) in [6, 6.07) is 12.0. The van der Waals surface area contributed by atoms with Crippen molar-refractivity contribution in [1.29, 1.82) is 0 Å². The van der Waals surface area contributed by atoms with E-state index in [1.165, 1.54) is 18.9 Å². The number of methoxy groups -OCH3 is 1. The van der Waals surface area contributed by atoms with Crippen molar-refractivity contribution in [2.24, 2.45) is 7.05 Å². The molecular formula is C18H17N5O3S. The number of esters is 1. The Morgan fingerprint density at radius 3 is 2.59 bits per heavy atom. The summed E-state index contributed by atoms with van der Waals surface area (Å²) < 4.78 is 6.44. The van der Waals surface area contributed by atoms with Crippen LogP contribution in [-0.4, -0.2) is 44.5 Å². The highest BCUT2D eigenvalue weighted by Gasteiger charge is 2.14. The van der Waals surface area contributed by atoms with E-state index in [-0.39, 0.29) is 11.7 Å². The number of carbonyl (C=O) groups excluding carboxylic acids is 2. The first kappa shape index (κ1) is 18.6. The van der Waals surface area contributed by atoms with Crippen LogP contribution in [0.15, 0.2) is 53.8 Å². The number of rotatable bonds is 6. The van der Waals surface area contributed by atoms with Gasteiger partial charge in [-0.05, 0) is 36.4 Å². The molecule has 0 atom stereocenters. The molecule has 1 amide bonds. The summed E-state index contributed by atoms with van der Waals surface area (Å²) in [6.07, 6.45) is 1.69. The molecule has 2 aromatic heterocycles. The van der Waals surface area contributed by atoms with Crippen molar-refractivity contribution in [3.05, 3.63) is 54.2 Å². The lowest BCUT2D eigenvalue weighted by molar-refractivity contribution is -0.113. The Bertz CT molecular complexity index is 941. The standard InChI is InChI=1S/C18H17N5O3S/c1-23-16(14-5-3-4-10-19-14)21-22-18(23)27-11-15(24)20-13-8-6-12(7-9-13)17(25)26-2/h3-10H,11H2,1-2H3,(H,20,24). The van der Waals surface area contributed by atoms with E-state index in [1.807, 2.05) is 25.2 Å². The average molecular weight is 383 g/mol. The number of benzene rings is 1. The summed E-state index contributed by atoms with van der Waals surface area (Å²) in [4.78, 5) is 27.8. The third-order valence-electron chi connectivity index (χ3n) is 3.65. The second-order valence-electron chi connectivity index (χ2n) is 5.49. The van der Waals surface area contributed by atoms with Crippen molar-refractivity contribution in [1.82, 2.24) is 19.7 Å². The van der Waals surface area contributed by atoms with Gasteiger partial charge in [0.05, 0.1) is 18.4 Å². The first-order valence-corrected chi connectivity index (χ1v) is 8.99. The summed E-state index contributed by atoms with van der Waals surface area (Å²) in [6.45, 7) is 0. The van der Waals surface area contributed by atoms with E-state index in [4.69, 9.17) is 0 Å². The molecule has 0 fully saturated rings. The van der Waals surface area contributed by atoms with Crippen LogP contribution in [0.4, 0.5) is 5.69 Å². The predicted octanol–water partition coefficient (Wildman–Crippen LogP) is 2.39. The summed E-state index contributed by atoms with van der Waals surface area (Å²) in [5.74, 6) is 0.201. The third kappa shape index (κ3) is 4.50. The highest BCUT2D eigenvalue weighted by Crippen LogP contribution is 2.21. The summed E-state index contributed by atoms with van der Waals surface area (Å²) >= 11 is 1.28. The number of aromatic nitrogens is 4. The van der Waals surface area contributed by atoms with Crippen LogP contribution in [0.3, 0.4) is 0 Å². The Labute approximate surface area is 160 Å². The number of hydrogen-bond donors (Lipinski definition) is 1. The van der Waals surface area contributed by atoms with Crippen LogP contribution < -0.4 is 5.32 Å². The maximum Gasteiger partial charge on any atom is 0.337 e. The zero-order valence-corrected chi connectivity index (χ0v) is 15.6. The van der Waals surface area contributed by atoms with Gasteiger partial charge in [-0.25, -0.2) is 4.79 Å². The number of nitrogens with one attached hydrogen (secondary N) is 1. The molecule has 2 heterocycles. The minimum Gasteiger partial charge on any atom is -0.465 e. The van der Waals surface area contributed by atoms with Gasteiger partial charge in [0.25, 0.3) is 0 Å². The summed E-state index contributed by atoms with van der Waals surface area (Å²) in [5, 5.41) is 11.6. The highest BCUT2D eigenvalue weighted by molar-refractivity contribution is 7.99. The van der Waals surface area contributed by atoms with Gasteiger partial charge in [0.15, 0.2) is 11.0 Å². The number of anilines is 1. The average Bonchev–Trinajstić information content (AvgIpc) is 3.07. The largest absolute Gasteiger partial charge is 0.465 e. The first-order chi connectivity index (χ1) is 13.1. The van der Waals surface area contributed by atoms with Crippen molar-refractivity contribution < 1.29 is 14.3 Å². The van der Waals surface area contributed by atoms with Gasteiger partial charge in [-0.15, -0.1) is 10.2 Å². The molecule has 0 aliphatic rings. The second-order valence-corrected chi connectivity index (χ2v) is 6.43. The Kier molecular flexibility index (Phi) is 5.82. The molecule has 3 rings (SSSR count). The molecule has 9 heteroatoms. The lowest BCUT2D eigenvalue weighted by Gasteiger charge is -2.06. The number of hydrogen-bond acceptors (Lipinski definition) is 7. The SMILES string of the molecule is COC(=O)c1ccc(NC(=O)CSc2nnc(-c3ccccn3)n2C)cc1. The van der Waals surface area contributed by atoms with Crippen LogP contribution in [-0.2, 0) is 16.6 Å². The van der Waals surface area contributed by atoms with Gasteiger partial charge in [0, 0.05) is 18.9 Å². The lowest BCUT2D eigenvalue weighted by atomic mass is 10.2. The number of thioether (sulfide) groups is 1.